The molecule has 2 aromatic rings. The highest BCUT2D eigenvalue weighted by atomic mass is 16.2. The molecule has 0 atom stereocenters. The lowest BCUT2D eigenvalue weighted by atomic mass is 10.1. The smallest absolute Gasteiger partial charge is 0.319 e. The van der Waals surface area contributed by atoms with Crippen molar-refractivity contribution in [2.45, 2.75) is 32.7 Å². The second-order valence-electron chi connectivity index (χ2n) is 6.60. The first-order valence-corrected chi connectivity index (χ1v) is 9.23. The number of hydrogen-bond acceptors (Lipinski definition) is 4. The van der Waals surface area contributed by atoms with Crippen LogP contribution in [0.15, 0.2) is 42.6 Å². The number of amides is 3. The molecule has 1 aliphatic heterocycles. The predicted octanol–water partition coefficient (Wildman–Crippen LogP) is 3.35. The fourth-order valence-corrected chi connectivity index (χ4v) is 3.19. The molecule has 0 aliphatic carbocycles. The number of piperidine rings is 1. The summed E-state index contributed by atoms with van der Waals surface area (Å²) in [4.78, 5) is 30.2. The highest BCUT2D eigenvalue weighted by molar-refractivity contribution is 5.92. The Morgan fingerprint density at radius 2 is 1.78 bits per heavy atom. The van der Waals surface area contributed by atoms with E-state index in [-0.39, 0.29) is 11.9 Å². The molecule has 142 valence electrons. The highest BCUT2D eigenvalue weighted by Crippen LogP contribution is 2.21. The number of anilines is 3. The molecule has 1 aromatic heterocycles. The fraction of sp³-hybridized carbons (Fsp3) is 0.350. The Bertz CT molecular complexity index is 802. The lowest BCUT2D eigenvalue weighted by Gasteiger charge is -2.29. The van der Waals surface area contributed by atoms with Crippen LogP contribution in [0.5, 0.6) is 0 Å². The summed E-state index contributed by atoms with van der Waals surface area (Å²) in [5.74, 6) is 0.795. The summed E-state index contributed by atoms with van der Waals surface area (Å²) < 4.78 is 0. The SMILES string of the molecule is CC(=O)Nc1cccc(NC(=O)NCc2cccnc2N2CCCCC2)c1. The van der Waals surface area contributed by atoms with Crippen LogP contribution in [-0.4, -0.2) is 30.0 Å². The number of rotatable bonds is 5. The van der Waals surface area contributed by atoms with Crippen molar-refractivity contribution in [1.29, 1.82) is 0 Å². The third-order valence-electron chi connectivity index (χ3n) is 4.40. The van der Waals surface area contributed by atoms with Gasteiger partial charge in [0.25, 0.3) is 0 Å². The van der Waals surface area contributed by atoms with Gasteiger partial charge in [-0.1, -0.05) is 12.1 Å². The Morgan fingerprint density at radius 1 is 1.04 bits per heavy atom. The fourth-order valence-electron chi connectivity index (χ4n) is 3.19. The third-order valence-corrected chi connectivity index (χ3v) is 4.40. The minimum Gasteiger partial charge on any atom is -0.356 e. The van der Waals surface area contributed by atoms with Crippen molar-refractivity contribution < 1.29 is 9.59 Å². The Kier molecular flexibility index (Phi) is 6.25. The normalized spacial score (nSPS) is 13.7. The first-order valence-electron chi connectivity index (χ1n) is 9.23. The summed E-state index contributed by atoms with van der Waals surface area (Å²) >= 11 is 0. The molecule has 27 heavy (non-hydrogen) atoms. The van der Waals surface area contributed by atoms with Crippen LogP contribution >= 0.6 is 0 Å². The number of hydrogen-bond donors (Lipinski definition) is 3. The zero-order valence-corrected chi connectivity index (χ0v) is 15.5. The number of aromatic nitrogens is 1. The summed E-state index contributed by atoms with van der Waals surface area (Å²) in [5, 5.41) is 8.37. The Morgan fingerprint density at radius 3 is 2.52 bits per heavy atom. The van der Waals surface area contributed by atoms with E-state index < -0.39 is 0 Å². The average molecular weight is 367 g/mol. The molecule has 0 bridgehead atoms. The van der Waals surface area contributed by atoms with Gasteiger partial charge in [-0.15, -0.1) is 0 Å². The van der Waals surface area contributed by atoms with Crippen LogP contribution in [0, 0.1) is 0 Å². The number of carbonyl (C=O) groups is 2. The molecule has 1 aliphatic rings. The maximum Gasteiger partial charge on any atom is 0.319 e. The van der Waals surface area contributed by atoms with Gasteiger partial charge in [0, 0.05) is 49.7 Å². The standard InChI is InChI=1S/C20H25N5O2/c1-15(26)23-17-8-5-9-18(13-17)24-20(27)22-14-16-7-6-10-21-19(16)25-11-3-2-4-12-25/h5-10,13H,2-4,11-12,14H2,1H3,(H,23,26)(H2,22,24,27). The third kappa shape index (κ3) is 5.44. The van der Waals surface area contributed by atoms with E-state index >= 15 is 0 Å². The zero-order valence-electron chi connectivity index (χ0n) is 15.5. The Labute approximate surface area is 159 Å². The van der Waals surface area contributed by atoms with Crippen molar-refractivity contribution in [2.24, 2.45) is 0 Å². The van der Waals surface area contributed by atoms with Gasteiger partial charge in [0.1, 0.15) is 5.82 Å². The molecule has 2 heterocycles. The van der Waals surface area contributed by atoms with Gasteiger partial charge < -0.3 is 20.9 Å². The van der Waals surface area contributed by atoms with Crippen molar-refractivity contribution in [3.63, 3.8) is 0 Å². The Hall–Kier alpha value is -3.09. The van der Waals surface area contributed by atoms with E-state index in [2.05, 4.69) is 25.8 Å². The molecular weight excluding hydrogens is 342 g/mol. The molecule has 7 heteroatoms. The molecule has 0 saturated carbocycles. The van der Waals surface area contributed by atoms with Crippen LogP contribution in [-0.2, 0) is 11.3 Å². The molecule has 3 rings (SSSR count). The van der Waals surface area contributed by atoms with E-state index in [1.165, 1.54) is 26.2 Å². The van der Waals surface area contributed by atoms with E-state index in [4.69, 9.17) is 0 Å². The minimum atomic E-state index is -0.302. The van der Waals surface area contributed by atoms with Gasteiger partial charge in [-0.05, 0) is 43.5 Å². The molecule has 1 aromatic carbocycles. The number of nitrogens with one attached hydrogen (secondary N) is 3. The molecule has 3 amide bonds. The van der Waals surface area contributed by atoms with Crippen molar-refractivity contribution >= 4 is 29.1 Å². The van der Waals surface area contributed by atoms with Gasteiger partial charge in [-0.2, -0.15) is 0 Å². The number of carbonyl (C=O) groups excluding carboxylic acids is 2. The lowest BCUT2D eigenvalue weighted by molar-refractivity contribution is -0.114. The molecule has 0 spiro atoms. The molecule has 7 nitrogen and oxygen atoms in total. The van der Waals surface area contributed by atoms with Gasteiger partial charge in [-0.25, -0.2) is 9.78 Å². The topological polar surface area (TPSA) is 86.4 Å². The predicted molar refractivity (Wildman–Crippen MR) is 107 cm³/mol. The first-order chi connectivity index (χ1) is 13.1. The molecule has 0 unspecified atom stereocenters. The maximum atomic E-state index is 12.3. The van der Waals surface area contributed by atoms with Gasteiger partial charge in [0.15, 0.2) is 0 Å². The lowest BCUT2D eigenvalue weighted by Crippen LogP contribution is -2.33. The van der Waals surface area contributed by atoms with E-state index in [0.717, 1.165) is 24.5 Å². The van der Waals surface area contributed by atoms with Gasteiger partial charge in [-0.3, -0.25) is 4.79 Å². The number of urea groups is 1. The van der Waals surface area contributed by atoms with Crippen molar-refractivity contribution in [3.8, 4) is 0 Å². The van der Waals surface area contributed by atoms with Crippen LogP contribution in [0.4, 0.5) is 22.0 Å². The summed E-state index contributed by atoms with van der Waals surface area (Å²) in [6.45, 7) is 3.86. The second-order valence-corrected chi connectivity index (χ2v) is 6.60. The van der Waals surface area contributed by atoms with Crippen LogP contribution in [0.25, 0.3) is 0 Å². The summed E-state index contributed by atoms with van der Waals surface area (Å²) in [6.07, 6.45) is 5.40. The summed E-state index contributed by atoms with van der Waals surface area (Å²) in [7, 11) is 0. The Balaban J connectivity index is 1.59. The molecule has 3 N–H and O–H groups in total. The number of nitrogens with zero attached hydrogens (tertiary/aromatic N) is 2. The summed E-state index contributed by atoms with van der Waals surface area (Å²) in [6, 6.07) is 10.6. The largest absolute Gasteiger partial charge is 0.356 e. The zero-order chi connectivity index (χ0) is 19.1. The van der Waals surface area contributed by atoms with Gasteiger partial charge in [0.05, 0.1) is 0 Å². The quantitative estimate of drug-likeness (QED) is 0.756. The van der Waals surface area contributed by atoms with Gasteiger partial charge in [0.2, 0.25) is 5.91 Å². The van der Waals surface area contributed by atoms with Gasteiger partial charge >= 0.3 is 6.03 Å². The monoisotopic (exact) mass is 367 g/mol. The van der Waals surface area contributed by atoms with Crippen LogP contribution < -0.4 is 20.9 Å². The molecule has 1 fully saturated rings. The van der Waals surface area contributed by atoms with Crippen LogP contribution in [0.3, 0.4) is 0 Å². The van der Waals surface area contributed by atoms with E-state index in [1.807, 2.05) is 12.1 Å². The average Bonchev–Trinajstić information content (AvgIpc) is 2.67. The second kappa shape index (κ2) is 9.02. The van der Waals surface area contributed by atoms with Crippen LogP contribution in [0.2, 0.25) is 0 Å². The van der Waals surface area contributed by atoms with Crippen LogP contribution in [0.1, 0.15) is 31.7 Å². The van der Waals surface area contributed by atoms with Crippen molar-refractivity contribution in [1.82, 2.24) is 10.3 Å². The minimum absolute atomic E-state index is 0.154. The maximum absolute atomic E-state index is 12.3. The van der Waals surface area contributed by atoms with E-state index in [1.54, 1.807) is 30.5 Å². The van der Waals surface area contributed by atoms with E-state index in [9.17, 15) is 9.59 Å². The van der Waals surface area contributed by atoms with E-state index in [0.29, 0.717) is 17.9 Å². The molecular formula is C20H25N5O2. The highest BCUT2D eigenvalue weighted by Gasteiger charge is 2.15. The number of pyridine rings is 1. The van der Waals surface area contributed by atoms with Crippen molar-refractivity contribution in [3.05, 3.63) is 48.2 Å². The number of benzene rings is 1. The molecule has 1 saturated heterocycles. The first kappa shape index (κ1) is 18.7. The molecule has 0 radical (unpaired) electrons. The summed E-state index contributed by atoms with van der Waals surface area (Å²) in [5.41, 5.74) is 2.25. The van der Waals surface area contributed by atoms with Crippen molar-refractivity contribution in [2.75, 3.05) is 28.6 Å².